The van der Waals surface area contributed by atoms with Crippen LogP contribution in [0.5, 0.6) is 0 Å². The van der Waals surface area contributed by atoms with Gasteiger partial charge in [0.15, 0.2) is 0 Å². The molecule has 0 aliphatic carbocycles. The maximum Gasteiger partial charge on any atom is 0.0625 e. The molecule has 2 rings (SSSR count). The molecule has 0 amide bonds. The summed E-state index contributed by atoms with van der Waals surface area (Å²) in [5.74, 6) is 0. The summed E-state index contributed by atoms with van der Waals surface area (Å²) >= 11 is 0. The van der Waals surface area contributed by atoms with Crippen molar-refractivity contribution in [3.63, 3.8) is 0 Å². The first kappa shape index (κ1) is 13.4. The van der Waals surface area contributed by atoms with Crippen molar-refractivity contribution in [2.24, 2.45) is 10.8 Å². The number of ether oxygens (including phenoxy) is 2. The van der Waals surface area contributed by atoms with Crippen LogP contribution in [-0.4, -0.2) is 25.4 Å². The molecule has 4 atom stereocenters. The van der Waals surface area contributed by atoms with E-state index in [1.165, 1.54) is 32.1 Å². The normalized spacial score (nSPS) is 45.2. The van der Waals surface area contributed by atoms with E-state index >= 15 is 0 Å². The van der Waals surface area contributed by atoms with E-state index in [2.05, 4.69) is 27.7 Å². The summed E-state index contributed by atoms with van der Waals surface area (Å²) in [5.41, 5.74) is 0.978. The van der Waals surface area contributed by atoms with Crippen molar-refractivity contribution in [2.75, 3.05) is 13.2 Å². The Hall–Kier alpha value is -0.0800. The molecular weight excluding hydrogens is 212 g/mol. The average molecular weight is 240 g/mol. The number of hydrogen-bond acceptors (Lipinski definition) is 2. The van der Waals surface area contributed by atoms with Crippen LogP contribution >= 0.6 is 0 Å². The molecule has 100 valence electrons. The highest BCUT2D eigenvalue weighted by atomic mass is 16.5. The third-order valence-electron chi connectivity index (χ3n) is 5.72. The van der Waals surface area contributed by atoms with Gasteiger partial charge in [0.05, 0.1) is 25.4 Å². The lowest BCUT2D eigenvalue weighted by Gasteiger charge is -2.50. The van der Waals surface area contributed by atoms with Crippen LogP contribution in [0.15, 0.2) is 0 Å². The van der Waals surface area contributed by atoms with Gasteiger partial charge in [-0.15, -0.1) is 0 Å². The first-order valence-corrected chi connectivity index (χ1v) is 7.32. The lowest BCUT2D eigenvalue weighted by atomic mass is 9.68. The van der Waals surface area contributed by atoms with Gasteiger partial charge >= 0.3 is 0 Å². The Morgan fingerprint density at radius 3 is 1.47 bits per heavy atom. The maximum absolute atomic E-state index is 5.58. The van der Waals surface area contributed by atoms with Crippen molar-refractivity contribution < 1.29 is 9.47 Å². The van der Waals surface area contributed by atoms with Gasteiger partial charge in [-0.25, -0.2) is 0 Å². The van der Waals surface area contributed by atoms with Gasteiger partial charge in [-0.2, -0.15) is 0 Å². The van der Waals surface area contributed by atoms with E-state index in [1.54, 1.807) is 0 Å². The van der Waals surface area contributed by atoms with Crippen LogP contribution < -0.4 is 0 Å². The molecule has 17 heavy (non-hydrogen) atoms. The van der Waals surface area contributed by atoms with Crippen molar-refractivity contribution in [3.8, 4) is 0 Å². The van der Waals surface area contributed by atoms with Gasteiger partial charge in [-0.1, -0.05) is 20.3 Å². The molecule has 2 heteroatoms. The van der Waals surface area contributed by atoms with Crippen molar-refractivity contribution in [2.45, 2.75) is 72.0 Å². The van der Waals surface area contributed by atoms with E-state index < -0.39 is 0 Å². The van der Waals surface area contributed by atoms with E-state index in [1.807, 2.05) is 0 Å². The Balaban J connectivity index is 1.79. The van der Waals surface area contributed by atoms with Crippen molar-refractivity contribution >= 4 is 0 Å². The first-order chi connectivity index (χ1) is 8.08. The van der Waals surface area contributed by atoms with Crippen LogP contribution in [0.1, 0.15) is 59.8 Å². The second-order valence-corrected chi connectivity index (χ2v) is 6.19. The molecule has 0 N–H and O–H groups in total. The summed E-state index contributed by atoms with van der Waals surface area (Å²) < 4.78 is 11.2. The Kier molecular flexibility index (Phi) is 3.84. The van der Waals surface area contributed by atoms with Gasteiger partial charge in [0.1, 0.15) is 0 Å². The minimum absolute atomic E-state index is 0.472. The zero-order valence-electron chi connectivity index (χ0n) is 11.9. The molecule has 2 heterocycles. The standard InChI is InChI=1S/C15H28O2/c1-5-14(10-16-12(14)3)8-7-9-15(6-2)11-17-13(15)4/h12-13H,5-11H2,1-4H3. The van der Waals surface area contributed by atoms with Crippen LogP contribution in [0.4, 0.5) is 0 Å². The average Bonchev–Trinajstić information content (AvgIpc) is 2.35. The lowest BCUT2D eigenvalue weighted by molar-refractivity contribution is -0.197. The number of hydrogen-bond donors (Lipinski definition) is 0. The van der Waals surface area contributed by atoms with E-state index in [9.17, 15) is 0 Å². The van der Waals surface area contributed by atoms with Gasteiger partial charge in [-0.05, 0) is 39.5 Å². The summed E-state index contributed by atoms with van der Waals surface area (Å²) in [6, 6.07) is 0. The minimum Gasteiger partial charge on any atom is -0.377 e. The Morgan fingerprint density at radius 2 is 1.29 bits per heavy atom. The molecule has 0 saturated carbocycles. The molecule has 2 aliphatic heterocycles. The predicted molar refractivity (Wildman–Crippen MR) is 70.1 cm³/mol. The van der Waals surface area contributed by atoms with Gasteiger partial charge in [0.25, 0.3) is 0 Å². The highest BCUT2D eigenvalue weighted by Crippen LogP contribution is 2.46. The summed E-state index contributed by atoms with van der Waals surface area (Å²) in [4.78, 5) is 0. The lowest BCUT2D eigenvalue weighted by Crippen LogP contribution is -2.51. The Bertz CT molecular complexity index is 232. The van der Waals surface area contributed by atoms with Crippen LogP contribution in [0.2, 0.25) is 0 Å². The maximum atomic E-state index is 5.58. The topological polar surface area (TPSA) is 18.5 Å². The molecule has 2 aliphatic rings. The Morgan fingerprint density at radius 1 is 0.882 bits per heavy atom. The van der Waals surface area contributed by atoms with Gasteiger partial charge in [0, 0.05) is 10.8 Å². The summed E-state index contributed by atoms with van der Waals surface area (Å²) in [6.07, 6.45) is 7.47. The molecule has 0 bridgehead atoms. The highest BCUT2D eigenvalue weighted by molar-refractivity contribution is 4.94. The van der Waals surface area contributed by atoms with E-state index in [4.69, 9.17) is 9.47 Å². The quantitative estimate of drug-likeness (QED) is 0.703. The van der Waals surface area contributed by atoms with Crippen molar-refractivity contribution in [1.29, 1.82) is 0 Å². The molecule has 0 radical (unpaired) electrons. The summed E-state index contributed by atoms with van der Waals surface area (Å²) in [7, 11) is 0. The molecule has 2 fully saturated rings. The summed E-state index contributed by atoms with van der Waals surface area (Å²) in [6.45, 7) is 11.1. The summed E-state index contributed by atoms with van der Waals surface area (Å²) in [5, 5.41) is 0. The third-order valence-corrected chi connectivity index (χ3v) is 5.72. The molecular formula is C15H28O2. The zero-order valence-corrected chi connectivity index (χ0v) is 11.9. The van der Waals surface area contributed by atoms with E-state index in [0.717, 1.165) is 13.2 Å². The number of rotatable bonds is 6. The monoisotopic (exact) mass is 240 g/mol. The first-order valence-electron chi connectivity index (χ1n) is 7.32. The van der Waals surface area contributed by atoms with Crippen LogP contribution in [0.25, 0.3) is 0 Å². The highest BCUT2D eigenvalue weighted by Gasteiger charge is 2.46. The third kappa shape index (κ3) is 2.15. The van der Waals surface area contributed by atoms with Crippen molar-refractivity contribution in [3.05, 3.63) is 0 Å². The molecule has 0 aromatic rings. The SMILES string of the molecule is CCC1(CCCC2(CC)COC2C)COC1C. The molecule has 0 aromatic carbocycles. The van der Waals surface area contributed by atoms with Crippen LogP contribution in [0, 0.1) is 10.8 Å². The molecule has 4 unspecified atom stereocenters. The van der Waals surface area contributed by atoms with Gasteiger partial charge < -0.3 is 9.47 Å². The van der Waals surface area contributed by atoms with Gasteiger partial charge in [-0.3, -0.25) is 0 Å². The molecule has 0 aromatic heterocycles. The second kappa shape index (κ2) is 4.89. The largest absolute Gasteiger partial charge is 0.377 e. The molecule has 2 saturated heterocycles. The van der Waals surface area contributed by atoms with Crippen LogP contribution in [0.3, 0.4) is 0 Å². The fourth-order valence-corrected chi connectivity index (χ4v) is 3.45. The molecule has 2 nitrogen and oxygen atoms in total. The van der Waals surface area contributed by atoms with Crippen LogP contribution in [-0.2, 0) is 9.47 Å². The fraction of sp³-hybridized carbons (Fsp3) is 1.00. The Labute approximate surface area is 106 Å². The van der Waals surface area contributed by atoms with Crippen molar-refractivity contribution in [1.82, 2.24) is 0 Å². The smallest absolute Gasteiger partial charge is 0.0625 e. The van der Waals surface area contributed by atoms with Gasteiger partial charge in [0.2, 0.25) is 0 Å². The molecule has 0 spiro atoms. The predicted octanol–water partition coefficient (Wildman–Crippen LogP) is 3.79. The minimum atomic E-state index is 0.472. The fourth-order valence-electron chi connectivity index (χ4n) is 3.45. The van der Waals surface area contributed by atoms with E-state index in [-0.39, 0.29) is 0 Å². The van der Waals surface area contributed by atoms with E-state index in [0.29, 0.717) is 23.0 Å². The zero-order chi connectivity index (χ0) is 12.5. The second-order valence-electron chi connectivity index (χ2n) is 6.19.